The molecular weight excluding hydrogens is 150 g/mol. The molecule has 0 fully saturated rings. The zero-order valence-electron chi connectivity index (χ0n) is 5.74. The Bertz CT molecular complexity index is 240. The molecule has 0 aliphatic rings. The predicted molar refractivity (Wildman–Crippen MR) is 40.5 cm³/mol. The molecule has 0 saturated heterocycles. The van der Waals surface area contributed by atoms with Crippen molar-refractivity contribution in [3.05, 3.63) is 21.8 Å². The largest absolute Gasteiger partial charge is 0.383 e. The Morgan fingerprint density at radius 3 is 3.10 bits per heavy atom. The van der Waals surface area contributed by atoms with Crippen molar-refractivity contribution < 1.29 is 4.74 Å². The molecule has 56 valence electrons. The summed E-state index contributed by atoms with van der Waals surface area (Å²) in [5.41, 5.74) is 0.0575. The van der Waals surface area contributed by atoms with Crippen LogP contribution in [0.15, 0.2) is 16.2 Å². The Hall–Kier alpha value is -0.610. The van der Waals surface area contributed by atoms with Gasteiger partial charge >= 0.3 is 0 Å². The van der Waals surface area contributed by atoms with Gasteiger partial charge in [0.25, 0.3) is 5.56 Å². The minimum atomic E-state index is 0.0575. The van der Waals surface area contributed by atoms with Crippen LogP contribution in [0, 0.1) is 0 Å². The Morgan fingerprint density at radius 1 is 1.80 bits per heavy atom. The summed E-state index contributed by atoms with van der Waals surface area (Å²) in [6.45, 7) is 1.26. The number of ether oxygens (including phenoxy) is 1. The minimum Gasteiger partial charge on any atom is -0.383 e. The third-order valence-corrected chi connectivity index (χ3v) is 2.02. The van der Waals surface area contributed by atoms with Crippen LogP contribution in [0.25, 0.3) is 0 Å². The second kappa shape index (κ2) is 3.53. The molecule has 0 atom stereocenters. The van der Waals surface area contributed by atoms with Crippen LogP contribution in [-0.4, -0.2) is 17.7 Å². The lowest BCUT2D eigenvalue weighted by Gasteiger charge is -1.96. The molecule has 0 bridgehead atoms. The number of hydrogen-bond acceptors (Lipinski definition) is 3. The molecule has 0 spiro atoms. The summed E-state index contributed by atoms with van der Waals surface area (Å²) in [4.78, 5) is 10.8. The third-order valence-electron chi connectivity index (χ3n) is 1.14. The second-order valence-corrected chi connectivity index (χ2v) is 2.77. The summed E-state index contributed by atoms with van der Waals surface area (Å²) in [5.74, 6) is 0. The predicted octanol–water partition coefficient (Wildman–Crippen LogP) is 0.556. The first kappa shape index (κ1) is 7.50. The molecule has 0 unspecified atom stereocenters. The van der Waals surface area contributed by atoms with E-state index in [1.807, 2.05) is 0 Å². The number of hydrogen-bond donors (Lipinski definition) is 0. The molecule has 4 heteroatoms. The first-order valence-electron chi connectivity index (χ1n) is 2.98. The molecule has 0 amide bonds. The fourth-order valence-corrected chi connectivity index (χ4v) is 1.30. The number of aromatic nitrogens is 1. The summed E-state index contributed by atoms with van der Waals surface area (Å²) in [5, 5.41) is 1.78. The van der Waals surface area contributed by atoms with E-state index >= 15 is 0 Å². The van der Waals surface area contributed by atoms with Crippen molar-refractivity contribution in [2.24, 2.45) is 0 Å². The van der Waals surface area contributed by atoms with Gasteiger partial charge in [0, 0.05) is 18.6 Å². The van der Waals surface area contributed by atoms with Gasteiger partial charge in [0.2, 0.25) is 0 Å². The molecule has 1 aromatic rings. The number of methoxy groups -OCH3 is 1. The van der Waals surface area contributed by atoms with Crippen LogP contribution in [0.4, 0.5) is 0 Å². The highest BCUT2D eigenvalue weighted by molar-refractivity contribution is 7.04. The highest BCUT2D eigenvalue weighted by Crippen LogP contribution is 1.91. The van der Waals surface area contributed by atoms with Gasteiger partial charge in [-0.3, -0.25) is 8.75 Å². The fourth-order valence-electron chi connectivity index (χ4n) is 0.634. The molecular formula is C6H9NO2S. The second-order valence-electron chi connectivity index (χ2n) is 1.84. The molecule has 0 N–H and O–H groups in total. The van der Waals surface area contributed by atoms with Gasteiger partial charge in [-0.15, -0.1) is 0 Å². The molecule has 0 aliphatic carbocycles. The van der Waals surface area contributed by atoms with Crippen molar-refractivity contribution in [1.82, 2.24) is 3.96 Å². The van der Waals surface area contributed by atoms with Crippen molar-refractivity contribution in [1.29, 1.82) is 0 Å². The Kier molecular flexibility index (Phi) is 2.65. The Morgan fingerprint density at radius 2 is 2.60 bits per heavy atom. The molecule has 0 aromatic carbocycles. The SMILES string of the molecule is COCCn1sccc1=O. The number of nitrogens with zero attached hydrogens (tertiary/aromatic N) is 1. The van der Waals surface area contributed by atoms with Crippen molar-refractivity contribution in [2.45, 2.75) is 6.54 Å². The van der Waals surface area contributed by atoms with Gasteiger partial charge in [-0.2, -0.15) is 0 Å². The maximum atomic E-state index is 10.8. The average Bonchev–Trinajstić information content (AvgIpc) is 2.31. The summed E-state index contributed by atoms with van der Waals surface area (Å²) < 4.78 is 6.47. The van der Waals surface area contributed by atoms with Crippen molar-refractivity contribution in [3.63, 3.8) is 0 Å². The summed E-state index contributed by atoms with van der Waals surface area (Å²) >= 11 is 1.41. The van der Waals surface area contributed by atoms with E-state index in [0.717, 1.165) is 0 Å². The number of rotatable bonds is 3. The monoisotopic (exact) mass is 159 g/mol. The van der Waals surface area contributed by atoms with E-state index in [-0.39, 0.29) is 5.56 Å². The van der Waals surface area contributed by atoms with Crippen molar-refractivity contribution in [2.75, 3.05) is 13.7 Å². The fraction of sp³-hybridized carbons (Fsp3) is 0.500. The minimum absolute atomic E-state index is 0.0575. The topological polar surface area (TPSA) is 31.2 Å². The molecule has 1 aromatic heterocycles. The van der Waals surface area contributed by atoms with Gasteiger partial charge in [0.1, 0.15) is 0 Å². The van der Waals surface area contributed by atoms with Gasteiger partial charge in [-0.25, -0.2) is 0 Å². The molecule has 1 rings (SSSR count). The van der Waals surface area contributed by atoms with E-state index in [1.165, 1.54) is 11.5 Å². The van der Waals surface area contributed by atoms with Gasteiger partial charge < -0.3 is 4.74 Å². The lowest BCUT2D eigenvalue weighted by atomic mass is 10.6. The molecule has 0 saturated carbocycles. The van der Waals surface area contributed by atoms with Crippen LogP contribution in [0.3, 0.4) is 0 Å². The average molecular weight is 159 g/mol. The van der Waals surface area contributed by atoms with Gasteiger partial charge in [0.15, 0.2) is 0 Å². The van der Waals surface area contributed by atoms with E-state index in [0.29, 0.717) is 13.2 Å². The standard InChI is InChI=1S/C6H9NO2S/c1-9-4-3-7-6(8)2-5-10-7/h2,5H,3-4H2,1H3. The van der Waals surface area contributed by atoms with E-state index in [2.05, 4.69) is 0 Å². The van der Waals surface area contributed by atoms with E-state index in [4.69, 9.17) is 4.74 Å². The van der Waals surface area contributed by atoms with Crippen LogP contribution in [-0.2, 0) is 11.3 Å². The molecule has 0 radical (unpaired) electrons. The van der Waals surface area contributed by atoms with Gasteiger partial charge in [-0.05, 0) is 0 Å². The smallest absolute Gasteiger partial charge is 0.260 e. The highest BCUT2D eigenvalue weighted by Gasteiger charge is 1.93. The molecule has 3 nitrogen and oxygen atoms in total. The Balaban J connectivity index is 2.57. The van der Waals surface area contributed by atoms with Gasteiger partial charge in [-0.1, -0.05) is 11.5 Å². The summed E-state index contributed by atoms with van der Waals surface area (Å²) in [7, 11) is 1.62. The summed E-state index contributed by atoms with van der Waals surface area (Å²) in [6, 6.07) is 1.56. The maximum Gasteiger partial charge on any atom is 0.260 e. The highest BCUT2D eigenvalue weighted by atomic mass is 32.1. The van der Waals surface area contributed by atoms with Crippen LogP contribution >= 0.6 is 11.5 Å². The van der Waals surface area contributed by atoms with Crippen LogP contribution in [0.5, 0.6) is 0 Å². The third kappa shape index (κ3) is 1.68. The first-order chi connectivity index (χ1) is 4.84. The zero-order valence-corrected chi connectivity index (χ0v) is 6.56. The van der Waals surface area contributed by atoms with Gasteiger partial charge in [0.05, 0.1) is 13.2 Å². The quantitative estimate of drug-likeness (QED) is 0.645. The molecule has 1 heterocycles. The summed E-state index contributed by atoms with van der Waals surface area (Å²) in [6.07, 6.45) is 0. The maximum absolute atomic E-state index is 10.8. The first-order valence-corrected chi connectivity index (χ1v) is 3.82. The zero-order chi connectivity index (χ0) is 7.40. The lowest BCUT2D eigenvalue weighted by Crippen LogP contribution is -2.14. The van der Waals surface area contributed by atoms with E-state index in [9.17, 15) is 4.79 Å². The molecule has 10 heavy (non-hydrogen) atoms. The van der Waals surface area contributed by atoms with Crippen LogP contribution in [0.1, 0.15) is 0 Å². The lowest BCUT2D eigenvalue weighted by molar-refractivity contribution is 0.189. The Labute approximate surface area is 63.0 Å². The van der Waals surface area contributed by atoms with Crippen molar-refractivity contribution in [3.8, 4) is 0 Å². The van der Waals surface area contributed by atoms with Crippen LogP contribution in [0.2, 0.25) is 0 Å². The van der Waals surface area contributed by atoms with E-state index < -0.39 is 0 Å². The normalized spacial score (nSPS) is 10.1. The van der Waals surface area contributed by atoms with Crippen molar-refractivity contribution >= 4 is 11.5 Å². The van der Waals surface area contributed by atoms with Crippen LogP contribution < -0.4 is 5.56 Å². The molecule has 0 aliphatic heterocycles. The van der Waals surface area contributed by atoms with E-state index in [1.54, 1.807) is 22.5 Å².